The smallest absolute Gasteiger partial charge is 0.123 e. The second-order valence-corrected chi connectivity index (χ2v) is 5.82. The molecule has 0 radical (unpaired) electrons. The molecule has 1 atom stereocenters. The number of aliphatic hydroxyl groups is 1. The molecule has 0 spiro atoms. The topological polar surface area (TPSA) is 58.7 Å². The SMILES string of the molecule is CCC(C)(C)N(C)CC(O)COc1ccccc1CN. The van der Waals surface area contributed by atoms with Crippen LogP contribution in [0.2, 0.25) is 0 Å². The Bertz CT molecular complexity index is 407. The molecule has 4 nitrogen and oxygen atoms in total. The van der Waals surface area contributed by atoms with Gasteiger partial charge in [0.2, 0.25) is 0 Å². The van der Waals surface area contributed by atoms with E-state index in [1.54, 1.807) is 0 Å². The van der Waals surface area contributed by atoms with Crippen molar-refractivity contribution in [2.45, 2.75) is 45.4 Å². The summed E-state index contributed by atoms with van der Waals surface area (Å²) < 4.78 is 5.68. The number of para-hydroxylation sites is 1. The molecule has 1 rings (SSSR count). The zero-order valence-corrected chi connectivity index (χ0v) is 13.1. The summed E-state index contributed by atoms with van der Waals surface area (Å²) in [7, 11) is 2.03. The maximum Gasteiger partial charge on any atom is 0.123 e. The molecule has 3 N–H and O–H groups in total. The maximum atomic E-state index is 10.1. The number of hydrogen-bond donors (Lipinski definition) is 2. The molecule has 0 bridgehead atoms. The first-order valence-electron chi connectivity index (χ1n) is 7.20. The zero-order valence-electron chi connectivity index (χ0n) is 13.1. The van der Waals surface area contributed by atoms with E-state index in [0.29, 0.717) is 13.1 Å². The van der Waals surface area contributed by atoms with Crippen molar-refractivity contribution in [3.8, 4) is 5.75 Å². The summed E-state index contributed by atoms with van der Waals surface area (Å²) in [6, 6.07) is 7.67. The predicted octanol–water partition coefficient (Wildman–Crippen LogP) is 2.01. The van der Waals surface area contributed by atoms with E-state index in [0.717, 1.165) is 17.7 Å². The number of aliphatic hydroxyl groups excluding tert-OH is 1. The van der Waals surface area contributed by atoms with Crippen LogP contribution in [0.3, 0.4) is 0 Å². The van der Waals surface area contributed by atoms with E-state index < -0.39 is 6.10 Å². The number of nitrogens with two attached hydrogens (primary N) is 1. The van der Waals surface area contributed by atoms with E-state index in [2.05, 4.69) is 25.7 Å². The fraction of sp³-hybridized carbons (Fsp3) is 0.625. The molecular formula is C16H28N2O2. The van der Waals surface area contributed by atoms with Crippen LogP contribution in [0.15, 0.2) is 24.3 Å². The Hall–Kier alpha value is -1.10. The van der Waals surface area contributed by atoms with Gasteiger partial charge in [-0.05, 0) is 33.4 Å². The van der Waals surface area contributed by atoms with Gasteiger partial charge in [0, 0.05) is 24.2 Å². The van der Waals surface area contributed by atoms with Crippen molar-refractivity contribution in [2.24, 2.45) is 5.73 Å². The summed E-state index contributed by atoms with van der Waals surface area (Å²) in [4.78, 5) is 2.16. The molecule has 1 aromatic rings. The van der Waals surface area contributed by atoms with Crippen molar-refractivity contribution in [2.75, 3.05) is 20.2 Å². The fourth-order valence-electron chi connectivity index (χ4n) is 1.89. The van der Waals surface area contributed by atoms with E-state index in [1.807, 2.05) is 31.3 Å². The fourth-order valence-corrected chi connectivity index (χ4v) is 1.89. The van der Waals surface area contributed by atoms with Gasteiger partial charge in [-0.15, -0.1) is 0 Å². The van der Waals surface area contributed by atoms with E-state index >= 15 is 0 Å². The van der Waals surface area contributed by atoms with Crippen LogP contribution < -0.4 is 10.5 Å². The van der Waals surface area contributed by atoms with Crippen molar-refractivity contribution in [1.29, 1.82) is 0 Å². The van der Waals surface area contributed by atoms with Crippen molar-refractivity contribution < 1.29 is 9.84 Å². The Morgan fingerprint density at radius 1 is 1.35 bits per heavy atom. The summed E-state index contributed by atoms with van der Waals surface area (Å²) in [6.07, 6.45) is 0.518. The molecule has 0 saturated heterocycles. The molecule has 0 amide bonds. The quantitative estimate of drug-likeness (QED) is 0.765. The molecule has 4 heteroatoms. The van der Waals surface area contributed by atoms with Crippen molar-refractivity contribution in [1.82, 2.24) is 4.90 Å². The minimum atomic E-state index is -0.517. The van der Waals surface area contributed by atoms with Crippen LogP contribution in [0.25, 0.3) is 0 Å². The van der Waals surface area contributed by atoms with Gasteiger partial charge in [-0.3, -0.25) is 4.90 Å². The van der Waals surface area contributed by atoms with Gasteiger partial charge in [0.05, 0.1) is 0 Å². The van der Waals surface area contributed by atoms with Gasteiger partial charge < -0.3 is 15.6 Å². The van der Waals surface area contributed by atoms with Gasteiger partial charge in [-0.1, -0.05) is 25.1 Å². The van der Waals surface area contributed by atoms with Crippen LogP contribution >= 0.6 is 0 Å². The van der Waals surface area contributed by atoms with Crippen LogP contribution in [-0.4, -0.2) is 41.8 Å². The number of hydrogen-bond acceptors (Lipinski definition) is 4. The number of likely N-dealkylation sites (N-methyl/N-ethyl adjacent to an activating group) is 1. The highest BCUT2D eigenvalue weighted by atomic mass is 16.5. The normalized spacial score (nSPS) is 13.6. The lowest BCUT2D eigenvalue weighted by atomic mass is 10.00. The Morgan fingerprint density at radius 2 is 2.00 bits per heavy atom. The summed E-state index contributed by atoms with van der Waals surface area (Å²) in [5.41, 5.74) is 6.70. The molecular weight excluding hydrogens is 252 g/mol. The molecule has 0 aliphatic carbocycles. The van der Waals surface area contributed by atoms with Crippen molar-refractivity contribution in [3.05, 3.63) is 29.8 Å². The number of benzene rings is 1. The summed E-state index contributed by atoms with van der Waals surface area (Å²) in [5.74, 6) is 0.756. The molecule has 0 heterocycles. The van der Waals surface area contributed by atoms with Crippen LogP contribution in [0, 0.1) is 0 Å². The molecule has 114 valence electrons. The lowest BCUT2D eigenvalue weighted by Crippen LogP contribution is -2.45. The number of nitrogens with zero attached hydrogens (tertiary/aromatic N) is 1. The van der Waals surface area contributed by atoms with Gasteiger partial charge >= 0.3 is 0 Å². The minimum absolute atomic E-state index is 0.0795. The van der Waals surface area contributed by atoms with Crippen molar-refractivity contribution >= 4 is 0 Å². The van der Waals surface area contributed by atoms with Crippen LogP contribution in [0.4, 0.5) is 0 Å². The van der Waals surface area contributed by atoms with Gasteiger partial charge in [0.1, 0.15) is 18.5 Å². The molecule has 0 aromatic heterocycles. The first-order valence-corrected chi connectivity index (χ1v) is 7.20. The third kappa shape index (κ3) is 4.78. The van der Waals surface area contributed by atoms with E-state index in [-0.39, 0.29) is 12.1 Å². The minimum Gasteiger partial charge on any atom is -0.491 e. The monoisotopic (exact) mass is 280 g/mol. The molecule has 0 aliphatic rings. The second-order valence-electron chi connectivity index (χ2n) is 5.82. The van der Waals surface area contributed by atoms with E-state index in [1.165, 1.54) is 0 Å². The average molecular weight is 280 g/mol. The largest absolute Gasteiger partial charge is 0.491 e. The second kappa shape index (κ2) is 7.62. The van der Waals surface area contributed by atoms with Crippen LogP contribution in [0.5, 0.6) is 5.75 Å². The van der Waals surface area contributed by atoms with Crippen molar-refractivity contribution in [3.63, 3.8) is 0 Å². The van der Waals surface area contributed by atoms with Gasteiger partial charge in [0.15, 0.2) is 0 Å². The highest BCUT2D eigenvalue weighted by Crippen LogP contribution is 2.19. The zero-order chi connectivity index (χ0) is 15.2. The number of rotatable bonds is 8. The van der Waals surface area contributed by atoms with Crippen LogP contribution in [0.1, 0.15) is 32.8 Å². The van der Waals surface area contributed by atoms with Gasteiger partial charge in [0.25, 0.3) is 0 Å². The highest BCUT2D eigenvalue weighted by molar-refractivity contribution is 5.32. The van der Waals surface area contributed by atoms with Crippen LogP contribution in [-0.2, 0) is 6.54 Å². The number of β-amino-alcohol motifs (C(OH)–C–C–N with tert-alkyl or cyclic N) is 1. The first kappa shape index (κ1) is 17.0. The standard InChI is InChI=1S/C16H28N2O2/c1-5-16(2,3)18(4)11-14(19)12-20-15-9-7-6-8-13(15)10-17/h6-9,14,19H,5,10-12,17H2,1-4H3. The Morgan fingerprint density at radius 3 is 2.60 bits per heavy atom. The first-order chi connectivity index (χ1) is 9.40. The third-order valence-electron chi connectivity index (χ3n) is 4.01. The Balaban J connectivity index is 2.49. The summed E-state index contributed by atoms with van der Waals surface area (Å²) in [5, 5.41) is 10.1. The molecule has 1 unspecified atom stereocenters. The summed E-state index contributed by atoms with van der Waals surface area (Å²) in [6.45, 7) is 7.80. The molecule has 1 aromatic carbocycles. The highest BCUT2D eigenvalue weighted by Gasteiger charge is 2.23. The number of ether oxygens (including phenoxy) is 1. The third-order valence-corrected chi connectivity index (χ3v) is 4.01. The van der Waals surface area contributed by atoms with Gasteiger partial charge in [-0.2, -0.15) is 0 Å². The average Bonchev–Trinajstić information content (AvgIpc) is 2.45. The Kier molecular flexibility index (Phi) is 6.46. The molecule has 20 heavy (non-hydrogen) atoms. The lowest BCUT2D eigenvalue weighted by Gasteiger charge is -2.36. The molecule has 0 saturated carbocycles. The summed E-state index contributed by atoms with van der Waals surface area (Å²) >= 11 is 0. The Labute approximate surface area is 122 Å². The maximum absolute atomic E-state index is 10.1. The molecule has 0 aliphatic heterocycles. The molecule has 0 fully saturated rings. The lowest BCUT2D eigenvalue weighted by molar-refractivity contribution is 0.0405. The predicted molar refractivity (Wildman–Crippen MR) is 82.8 cm³/mol. The van der Waals surface area contributed by atoms with E-state index in [4.69, 9.17) is 10.5 Å². The van der Waals surface area contributed by atoms with E-state index in [9.17, 15) is 5.11 Å². The van der Waals surface area contributed by atoms with Gasteiger partial charge in [-0.25, -0.2) is 0 Å².